The van der Waals surface area contributed by atoms with Gasteiger partial charge in [0, 0.05) is 6.57 Å². The zero-order valence-corrected chi connectivity index (χ0v) is 9.96. The van der Waals surface area contributed by atoms with Gasteiger partial charge in [0.15, 0.2) is 0 Å². The molecule has 0 amide bonds. The van der Waals surface area contributed by atoms with E-state index in [4.69, 9.17) is 22.8 Å². The summed E-state index contributed by atoms with van der Waals surface area (Å²) in [5.41, 5.74) is 0. The van der Waals surface area contributed by atoms with Crippen LogP contribution in [0.4, 0.5) is 0 Å². The van der Waals surface area contributed by atoms with Gasteiger partial charge in [-0.2, -0.15) is 8.42 Å². The quantitative estimate of drug-likeness (QED) is 0.280. The molecule has 0 atom stereocenters. The third-order valence-electron chi connectivity index (χ3n) is 0. The fourth-order valence-electron chi connectivity index (χ4n) is 0. The molecule has 0 aliphatic heterocycles. The Morgan fingerprint density at radius 2 is 1.22 bits per heavy atom. The summed E-state index contributed by atoms with van der Waals surface area (Å²) in [7, 11) is -4.67. The summed E-state index contributed by atoms with van der Waals surface area (Å²) in [5, 5.41) is 6.50. The summed E-state index contributed by atoms with van der Waals surface area (Å²) in [5.74, 6) is 0. The molecule has 0 heterocycles. The minimum absolute atomic E-state index is 0. The molecule has 0 saturated heterocycles. The molecule has 0 unspecified atom stereocenters. The summed E-state index contributed by atoms with van der Waals surface area (Å²) >= 11 is 0. The fourth-order valence-corrected chi connectivity index (χ4v) is 0. The van der Waals surface area contributed by atoms with Crippen molar-refractivity contribution in [1.82, 2.24) is 0 Å². The van der Waals surface area contributed by atoms with E-state index in [0.29, 0.717) is 0 Å². The molecule has 0 bridgehead atoms. The van der Waals surface area contributed by atoms with E-state index in [-0.39, 0.29) is 62.0 Å². The fraction of sp³-hybridized carbons (Fsp3) is 0. The van der Waals surface area contributed by atoms with Gasteiger partial charge >= 0.3 is 69.5 Å². The predicted molar refractivity (Wildman–Crippen MR) is 23.1 cm³/mol. The van der Waals surface area contributed by atoms with Crippen molar-refractivity contribution in [3.05, 3.63) is 0 Å². The van der Waals surface area contributed by atoms with E-state index in [9.17, 15) is 0 Å². The van der Waals surface area contributed by atoms with Gasteiger partial charge in [0.1, 0.15) is 0 Å². The van der Waals surface area contributed by atoms with Crippen LogP contribution in [0.15, 0.2) is 0 Å². The summed E-state index contributed by atoms with van der Waals surface area (Å²) in [6, 6.07) is 0. The normalized spacial score (nSPS) is 6.67. The van der Waals surface area contributed by atoms with Crippen LogP contribution in [0.5, 0.6) is 0 Å². The third-order valence-corrected chi connectivity index (χ3v) is 0. The van der Waals surface area contributed by atoms with Crippen LogP contribution in [0, 0.1) is 11.8 Å². The Bertz CT molecular complexity index is 137. The molecule has 46 valence electrons. The Kier molecular flexibility index (Phi) is 30.1. The Labute approximate surface area is 101 Å². The van der Waals surface area contributed by atoms with Crippen LogP contribution in [0.2, 0.25) is 0 Å². The Morgan fingerprint density at radius 1 is 1.22 bits per heavy atom. The molecule has 5 nitrogen and oxygen atoms in total. The second kappa shape index (κ2) is 12.1. The second-order valence-corrected chi connectivity index (χ2v) is 1.34. The van der Waals surface area contributed by atoms with Crippen molar-refractivity contribution >= 4 is 10.4 Å². The van der Waals surface area contributed by atoms with Crippen LogP contribution < -0.4 is 59.1 Å². The van der Waals surface area contributed by atoms with Gasteiger partial charge in [-0.25, -0.2) is 5.26 Å². The first kappa shape index (κ1) is 22.4. The maximum Gasteiger partial charge on any atom is 1.00 e. The summed E-state index contributed by atoms with van der Waals surface area (Å²) in [6.45, 7) is 3.50. The van der Waals surface area contributed by atoms with Gasteiger partial charge in [-0.15, -0.1) is 0 Å². The molecule has 0 aromatic heterocycles. The van der Waals surface area contributed by atoms with Crippen molar-refractivity contribution in [1.29, 1.82) is 5.26 Å². The Balaban J connectivity index is -0.00000000972. The van der Waals surface area contributed by atoms with Crippen molar-refractivity contribution in [2.75, 3.05) is 0 Å². The molecular formula is CH5NNa2O4S. The first-order valence-electron chi connectivity index (χ1n) is 0.957. The molecule has 0 aliphatic carbocycles. The van der Waals surface area contributed by atoms with E-state index in [0.717, 1.165) is 0 Å². The zero-order valence-electron chi connectivity index (χ0n) is 7.14. The van der Waals surface area contributed by atoms with Crippen LogP contribution in [0.3, 0.4) is 0 Å². The maximum atomic E-state index is 8.74. The molecule has 0 saturated carbocycles. The van der Waals surface area contributed by atoms with E-state index in [2.05, 4.69) is 6.57 Å². The second-order valence-electron chi connectivity index (χ2n) is 0.448. The Morgan fingerprint density at radius 3 is 1.22 bits per heavy atom. The minimum Gasteiger partial charge on any atom is -1.00 e. The van der Waals surface area contributed by atoms with Crippen molar-refractivity contribution in [3.8, 4) is 6.57 Å². The summed E-state index contributed by atoms with van der Waals surface area (Å²) in [6.07, 6.45) is 0. The first-order chi connectivity index (χ1) is 3.00. The SMILES string of the molecule is C#N.O=S(=O)(O)O.[H-].[H-].[Na+].[Na+]. The zero-order chi connectivity index (χ0) is 6.50. The molecule has 0 aromatic rings. The van der Waals surface area contributed by atoms with E-state index in [1.54, 1.807) is 0 Å². The standard InChI is InChI=1S/CHN.2Na.H2O4S.2H/c1-2;;;1-5(2,3)4;;/h1H;;;(H2,1,2,3,4);;/q;2*+1;;2*-1. The molecule has 2 N–H and O–H groups in total. The smallest absolute Gasteiger partial charge is 1.00 e. The molecule has 0 aromatic carbocycles. The van der Waals surface area contributed by atoms with Gasteiger partial charge in [0.25, 0.3) is 0 Å². The molecule has 8 heteroatoms. The van der Waals surface area contributed by atoms with E-state index >= 15 is 0 Å². The third kappa shape index (κ3) is 274. The van der Waals surface area contributed by atoms with E-state index in [1.807, 2.05) is 0 Å². The van der Waals surface area contributed by atoms with Crippen LogP contribution in [0.1, 0.15) is 2.85 Å². The van der Waals surface area contributed by atoms with Crippen molar-refractivity contribution in [3.63, 3.8) is 0 Å². The van der Waals surface area contributed by atoms with Crippen LogP contribution in [-0.2, 0) is 10.4 Å². The molecular weight excluding hydrogens is 168 g/mol. The molecule has 0 rings (SSSR count). The van der Waals surface area contributed by atoms with Crippen molar-refractivity contribution in [2.24, 2.45) is 0 Å². The molecule has 0 radical (unpaired) electrons. The number of hydrogen-bond acceptors (Lipinski definition) is 3. The van der Waals surface area contributed by atoms with Gasteiger partial charge in [-0.1, -0.05) is 0 Å². The molecule has 0 spiro atoms. The molecule has 0 fully saturated rings. The summed E-state index contributed by atoms with van der Waals surface area (Å²) < 4.78 is 31.6. The van der Waals surface area contributed by atoms with Gasteiger partial charge in [0.2, 0.25) is 0 Å². The van der Waals surface area contributed by atoms with E-state index in [1.165, 1.54) is 0 Å². The van der Waals surface area contributed by atoms with Crippen LogP contribution in [0.25, 0.3) is 0 Å². The van der Waals surface area contributed by atoms with Crippen molar-refractivity contribution < 1.29 is 79.5 Å². The Hall–Kier alpha value is 1.36. The van der Waals surface area contributed by atoms with Gasteiger partial charge < -0.3 is 2.85 Å². The minimum atomic E-state index is -4.67. The molecule has 9 heavy (non-hydrogen) atoms. The number of nitrogens with zero attached hydrogens (tertiary/aromatic N) is 1. The molecule has 0 aliphatic rings. The largest absolute Gasteiger partial charge is 1.00 e. The van der Waals surface area contributed by atoms with Crippen LogP contribution >= 0.6 is 0 Å². The monoisotopic (exact) mass is 173 g/mol. The number of rotatable bonds is 0. The number of nitriles is 1. The average molecular weight is 173 g/mol. The van der Waals surface area contributed by atoms with Crippen LogP contribution in [-0.4, -0.2) is 17.5 Å². The number of hydrogen-bond donors (Lipinski definition) is 2. The van der Waals surface area contributed by atoms with Crippen molar-refractivity contribution in [2.45, 2.75) is 0 Å². The summed E-state index contributed by atoms with van der Waals surface area (Å²) in [4.78, 5) is 0. The predicted octanol–water partition coefficient (Wildman–Crippen LogP) is -6.28. The average Bonchev–Trinajstić information content (AvgIpc) is 1.36. The van der Waals surface area contributed by atoms with Gasteiger partial charge in [-0.05, 0) is 0 Å². The van der Waals surface area contributed by atoms with E-state index < -0.39 is 10.4 Å². The topological polar surface area (TPSA) is 98.4 Å². The van der Waals surface area contributed by atoms with Gasteiger partial charge in [-0.3, -0.25) is 9.11 Å². The first-order valence-corrected chi connectivity index (χ1v) is 2.35. The maximum absolute atomic E-state index is 8.74. The van der Waals surface area contributed by atoms with Gasteiger partial charge in [0.05, 0.1) is 0 Å².